The summed E-state index contributed by atoms with van der Waals surface area (Å²) in [6.45, 7) is 6.44. The number of carbonyl (C=O) groups is 2. The fourth-order valence-electron chi connectivity index (χ4n) is 2.60. The minimum Gasteiger partial charge on any atom is -0.444 e. The maximum absolute atomic E-state index is 12.2. The third-order valence-electron chi connectivity index (χ3n) is 3.64. The highest BCUT2D eigenvalue weighted by Crippen LogP contribution is 2.29. The van der Waals surface area contributed by atoms with Crippen LogP contribution in [0.3, 0.4) is 0 Å². The first kappa shape index (κ1) is 16.0. The van der Waals surface area contributed by atoms with E-state index in [0.717, 1.165) is 16.7 Å². The number of rotatable bonds is 2. The van der Waals surface area contributed by atoms with Gasteiger partial charge in [0.2, 0.25) is 0 Å². The number of amides is 2. The third kappa shape index (κ3) is 3.08. The van der Waals surface area contributed by atoms with Crippen LogP contribution in [0, 0.1) is 0 Å². The molecule has 0 radical (unpaired) electrons. The van der Waals surface area contributed by atoms with Gasteiger partial charge in [-0.1, -0.05) is 12.1 Å². The van der Waals surface area contributed by atoms with Crippen LogP contribution in [0.25, 0.3) is 11.3 Å². The van der Waals surface area contributed by atoms with Crippen molar-refractivity contribution in [1.82, 2.24) is 20.3 Å². The average molecular weight is 329 g/mol. The Morgan fingerprint density at radius 1 is 1.21 bits per heavy atom. The molecule has 2 aromatic rings. The number of benzene rings is 1. The van der Waals surface area contributed by atoms with E-state index in [-0.39, 0.29) is 11.8 Å². The van der Waals surface area contributed by atoms with Gasteiger partial charge in [0, 0.05) is 18.7 Å². The number of nitrogens with one attached hydrogen (secondary N) is 1. The maximum atomic E-state index is 12.2. The zero-order valence-corrected chi connectivity index (χ0v) is 13.8. The number of fused-ring (bicyclic) bond motifs is 1. The summed E-state index contributed by atoms with van der Waals surface area (Å²) in [5.41, 5.74) is 8.01. The van der Waals surface area contributed by atoms with Gasteiger partial charge in [0.15, 0.2) is 5.69 Å². The predicted octanol–water partition coefficient (Wildman–Crippen LogP) is 1.82. The number of hydrogen-bond donors (Lipinski definition) is 2. The fraction of sp³-hybridized carbons (Fsp3) is 0.375. The Bertz CT molecular complexity index is 806. The van der Waals surface area contributed by atoms with E-state index in [0.29, 0.717) is 18.8 Å². The normalized spacial score (nSPS) is 13.7. The molecule has 0 atom stereocenters. The molecule has 24 heavy (non-hydrogen) atoms. The highest BCUT2D eigenvalue weighted by atomic mass is 16.6. The van der Waals surface area contributed by atoms with Gasteiger partial charge in [-0.15, -0.1) is 0 Å². The number of nitrogens with zero attached hydrogens (tertiary/aromatic N) is 3. The summed E-state index contributed by atoms with van der Waals surface area (Å²) < 4.78 is 5.40. The van der Waals surface area contributed by atoms with E-state index in [9.17, 15) is 9.59 Å². The van der Waals surface area contributed by atoms with E-state index < -0.39 is 11.5 Å². The molecule has 0 bridgehead atoms. The van der Waals surface area contributed by atoms with Crippen LogP contribution in [0.4, 0.5) is 4.79 Å². The summed E-state index contributed by atoms with van der Waals surface area (Å²) in [6.07, 6.45) is -0.348. The van der Waals surface area contributed by atoms with Crippen LogP contribution >= 0.6 is 0 Å². The number of primary amides is 1. The monoisotopic (exact) mass is 329 g/mol. The first-order valence-corrected chi connectivity index (χ1v) is 7.55. The highest BCUT2D eigenvalue weighted by molar-refractivity contribution is 5.96. The van der Waals surface area contributed by atoms with Crippen LogP contribution in [-0.4, -0.2) is 37.9 Å². The van der Waals surface area contributed by atoms with E-state index >= 15 is 0 Å². The van der Waals surface area contributed by atoms with E-state index in [2.05, 4.69) is 15.4 Å². The smallest absolute Gasteiger partial charge is 0.410 e. The number of H-pyrrole nitrogens is 1. The highest BCUT2D eigenvalue weighted by Gasteiger charge is 2.28. The van der Waals surface area contributed by atoms with Crippen molar-refractivity contribution in [3.63, 3.8) is 0 Å². The molecule has 2 amide bonds. The topological polar surface area (TPSA) is 114 Å². The molecule has 0 saturated heterocycles. The van der Waals surface area contributed by atoms with Crippen molar-refractivity contribution in [3.8, 4) is 11.3 Å². The molecular weight excluding hydrogens is 310 g/mol. The van der Waals surface area contributed by atoms with Gasteiger partial charge in [-0.3, -0.25) is 9.69 Å². The molecule has 8 nitrogen and oxygen atoms in total. The Morgan fingerprint density at radius 3 is 2.58 bits per heavy atom. The molecule has 3 N–H and O–H groups in total. The second-order valence-electron chi connectivity index (χ2n) is 6.70. The Hall–Kier alpha value is -2.90. The summed E-state index contributed by atoms with van der Waals surface area (Å²) in [4.78, 5) is 25.2. The molecule has 1 aliphatic heterocycles. The molecule has 0 saturated carbocycles. The van der Waals surface area contributed by atoms with Gasteiger partial charge in [0.1, 0.15) is 11.3 Å². The molecule has 0 unspecified atom stereocenters. The van der Waals surface area contributed by atoms with Crippen LogP contribution < -0.4 is 5.73 Å². The molecule has 1 aliphatic rings. The van der Waals surface area contributed by atoms with Gasteiger partial charge >= 0.3 is 6.09 Å². The predicted molar refractivity (Wildman–Crippen MR) is 85.8 cm³/mol. The quantitative estimate of drug-likeness (QED) is 0.872. The lowest BCUT2D eigenvalue weighted by Gasteiger charge is -2.24. The zero-order valence-electron chi connectivity index (χ0n) is 13.8. The minimum atomic E-state index is -0.644. The van der Waals surface area contributed by atoms with Crippen molar-refractivity contribution in [2.75, 3.05) is 0 Å². The van der Waals surface area contributed by atoms with Crippen molar-refractivity contribution < 1.29 is 14.3 Å². The first-order chi connectivity index (χ1) is 11.2. The van der Waals surface area contributed by atoms with Gasteiger partial charge in [0.25, 0.3) is 5.91 Å². The molecule has 126 valence electrons. The number of aromatic amines is 1. The average Bonchev–Trinajstić information content (AvgIpc) is 3.11. The zero-order chi connectivity index (χ0) is 17.5. The molecule has 1 aromatic carbocycles. The van der Waals surface area contributed by atoms with Gasteiger partial charge in [-0.2, -0.15) is 15.4 Å². The Labute approximate surface area is 139 Å². The maximum Gasteiger partial charge on any atom is 0.410 e. The molecule has 1 aromatic heterocycles. The second-order valence-corrected chi connectivity index (χ2v) is 6.70. The first-order valence-electron chi connectivity index (χ1n) is 7.55. The SMILES string of the molecule is CC(C)(C)OC(=O)N1Cc2ccc(-c3n[nH]nc3C(N)=O)cc2C1. The van der Waals surface area contributed by atoms with E-state index in [1.807, 2.05) is 39.0 Å². The van der Waals surface area contributed by atoms with Crippen LogP contribution in [0.2, 0.25) is 0 Å². The van der Waals surface area contributed by atoms with Crippen LogP contribution in [0.15, 0.2) is 18.2 Å². The summed E-state index contributed by atoms with van der Waals surface area (Å²) >= 11 is 0. The molecule has 8 heteroatoms. The minimum absolute atomic E-state index is 0.0944. The van der Waals surface area contributed by atoms with Crippen molar-refractivity contribution in [3.05, 3.63) is 35.0 Å². The summed E-state index contributed by atoms with van der Waals surface area (Å²) in [5, 5.41) is 10.2. The standard InChI is InChI=1S/C16H19N5O3/c1-16(2,3)24-15(23)21-7-10-5-4-9(6-11(10)8-21)12-13(14(17)22)19-20-18-12/h4-6H,7-8H2,1-3H3,(H2,17,22)(H,18,19,20). The van der Waals surface area contributed by atoms with E-state index in [1.165, 1.54) is 0 Å². The van der Waals surface area contributed by atoms with Crippen molar-refractivity contribution >= 4 is 12.0 Å². The van der Waals surface area contributed by atoms with Gasteiger partial charge in [0.05, 0.1) is 0 Å². The number of aromatic nitrogens is 3. The lowest BCUT2D eigenvalue weighted by Crippen LogP contribution is -2.33. The van der Waals surface area contributed by atoms with E-state index in [1.54, 1.807) is 4.90 Å². The molecule has 3 rings (SSSR count). The van der Waals surface area contributed by atoms with Gasteiger partial charge in [-0.25, -0.2) is 4.79 Å². The van der Waals surface area contributed by atoms with Crippen molar-refractivity contribution in [2.24, 2.45) is 5.73 Å². The van der Waals surface area contributed by atoms with Gasteiger partial charge in [-0.05, 0) is 38.0 Å². The lowest BCUT2D eigenvalue weighted by atomic mass is 10.0. The Morgan fingerprint density at radius 2 is 1.92 bits per heavy atom. The molecule has 0 aliphatic carbocycles. The third-order valence-corrected chi connectivity index (χ3v) is 3.64. The Kier molecular flexibility index (Phi) is 3.75. The number of hydrogen-bond acceptors (Lipinski definition) is 5. The number of carbonyl (C=O) groups excluding carboxylic acids is 2. The van der Waals surface area contributed by atoms with Crippen molar-refractivity contribution in [1.29, 1.82) is 0 Å². The second kappa shape index (κ2) is 5.63. The summed E-state index contributed by atoms with van der Waals surface area (Å²) in [6, 6.07) is 5.64. The van der Waals surface area contributed by atoms with E-state index in [4.69, 9.17) is 10.5 Å². The summed E-state index contributed by atoms with van der Waals surface area (Å²) in [5.74, 6) is -0.644. The largest absolute Gasteiger partial charge is 0.444 e. The lowest BCUT2D eigenvalue weighted by molar-refractivity contribution is 0.0241. The summed E-state index contributed by atoms with van der Waals surface area (Å²) in [7, 11) is 0. The van der Waals surface area contributed by atoms with Crippen LogP contribution in [-0.2, 0) is 17.8 Å². The van der Waals surface area contributed by atoms with Crippen LogP contribution in [0.5, 0.6) is 0 Å². The Balaban J connectivity index is 1.83. The van der Waals surface area contributed by atoms with Crippen molar-refractivity contribution in [2.45, 2.75) is 39.5 Å². The van der Waals surface area contributed by atoms with Gasteiger partial charge < -0.3 is 10.5 Å². The molecule has 2 heterocycles. The fourth-order valence-corrected chi connectivity index (χ4v) is 2.60. The molecule has 0 fully saturated rings. The number of nitrogens with two attached hydrogens (primary N) is 1. The van der Waals surface area contributed by atoms with Crippen LogP contribution in [0.1, 0.15) is 42.4 Å². The molecule has 0 spiro atoms. The number of ether oxygens (including phenoxy) is 1. The molecular formula is C16H19N5O3.